The first-order chi connectivity index (χ1) is 8.75. The fraction of sp³-hybridized carbons (Fsp3) is 0.0909. The van der Waals surface area contributed by atoms with E-state index < -0.39 is 0 Å². The molecule has 0 atom stereocenters. The summed E-state index contributed by atoms with van der Waals surface area (Å²) in [6.45, 7) is 0. The molecule has 0 fully saturated rings. The summed E-state index contributed by atoms with van der Waals surface area (Å²) >= 11 is 0. The first-order valence-electron chi connectivity index (χ1n) is 5.32. The summed E-state index contributed by atoms with van der Waals surface area (Å²) in [6, 6.07) is 7.40. The summed E-state index contributed by atoms with van der Waals surface area (Å²) in [7, 11) is 1.61. The van der Waals surface area contributed by atoms with Crippen LogP contribution in [0.15, 0.2) is 48.0 Å². The number of hydrogen-bond donors (Lipinski definition) is 0. The Morgan fingerprint density at radius 3 is 2.28 bits per heavy atom. The minimum Gasteiger partial charge on any atom is -0.250 e. The van der Waals surface area contributed by atoms with E-state index in [4.69, 9.17) is 0 Å². The lowest BCUT2D eigenvalue weighted by Crippen LogP contribution is -2.21. The van der Waals surface area contributed by atoms with Crippen LogP contribution in [0.1, 0.15) is 0 Å². The van der Waals surface area contributed by atoms with Crippen LogP contribution in [0, 0.1) is 0 Å². The van der Waals surface area contributed by atoms with Crippen molar-refractivity contribution < 1.29 is 0 Å². The molecule has 0 saturated carbocycles. The lowest BCUT2D eigenvalue weighted by Gasteiger charge is -2.03. The van der Waals surface area contributed by atoms with Gasteiger partial charge in [0.15, 0.2) is 0 Å². The van der Waals surface area contributed by atoms with Crippen molar-refractivity contribution in [3.05, 3.63) is 53.7 Å². The summed E-state index contributed by atoms with van der Waals surface area (Å²) in [5, 5.41) is 7.94. The maximum absolute atomic E-state index is 11.7. The molecule has 0 amide bonds. The van der Waals surface area contributed by atoms with Crippen molar-refractivity contribution in [3.8, 4) is 11.4 Å². The quantitative estimate of drug-likeness (QED) is 0.641. The van der Waals surface area contributed by atoms with E-state index in [0.717, 1.165) is 11.4 Å². The van der Waals surface area contributed by atoms with Gasteiger partial charge in [-0.3, -0.25) is 0 Å². The largest absolute Gasteiger partial charge is 0.350 e. The number of aryl methyl sites for hydroxylation is 1. The van der Waals surface area contributed by atoms with Crippen molar-refractivity contribution >= 4 is 0 Å². The Hall–Kier alpha value is -2.70. The van der Waals surface area contributed by atoms with Crippen LogP contribution in [0.5, 0.6) is 0 Å². The van der Waals surface area contributed by atoms with Gasteiger partial charge < -0.3 is 0 Å². The molecular weight excluding hydrogens is 232 g/mol. The second kappa shape index (κ2) is 3.95. The van der Waals surface area contributed by atoms with Crippen LogP contribution in [0.4, 0.5) is 0 Å². The molecule has 0 aliphatic heterocycles. The van der Waals surface area contributed by atoms with Crippen LogP contribution in [0.3, 0.4) is 0 Å². The lowest BCUT2D eigenvalue weighted by atomic mass is 10.3. The van der Waals surface area contributed by atoms with Crippen molar-refractivity contribution in [1.82, 2.24) is 29.1 Å². The zero-order valence-corrected chi connectivity index (χ0v) is 9.63. The fourth-order valence-corrected chi connectivity index (χ4v) is 1.67. The highest BCUT2D eigenvalue weighted by Gasteiger charge is 2.04. The SMILES string of the molecule is Cn1ncn(-c2ccc(-n3cncn3)cc2)c1=O. The molecule has 0 aliphatic carbocycles. The summed E-state index contributed by atoms with van der Waals surface area (Å²) in [4.78, 5) is 15.6. The number of rotatable bonds is 2. The van der Waals surface area contributed by atoms with E-state index in [9.17, 15) is 4.79 Å². The highest BCUT2D eigenvalue weighted by Crippen LogP contribution is 2.10. The maximum atomic E-state index is 11.7. The molecule has 0 aliphatic rings. The number of benzene rings is 1. The zero-order valence-electron chi connectivity index (χ0n) is 9.63. The van der Waals surface area contributed by atoms with Gasteiger partial charge in [-0.25, -0.2) is 23.7 Å². The minimum atomic E-state index is -0.177. The third kappa shape index (κ3) is 1.61. The van der Waals surface area contributed by atoms with E-state index >= 15 is 0 Å². The molecule has 0 N–H and O–H groups in total. The Morgan fingerprint density at radius 1 is 1.00 bits per heavy atom. The molecule has 0 radical (unpaired) electrons. The lowest BCUT2D eigenvalue weighted by molar-refractivity contribution is 0.726. The predicted molar refractivity (Wildman–Crippen MR) is 63.7 cm³/mol. The van der Waals surface area contributed by atoms with Gasteiger partial charge in [-0.05, 0) is 24.3 Å². The van der Waals surface area contributed by atoms with Gasteiger partial charge in [0.25, 0.3) is 0 Å². The van der Waals surface area contributed by atoms with E-state index in [2.05, 4.69) is 15.2 Å². The molecule has 0 spiro atoms. The summed E-state index contributed by atoms with van der Waals surface area (Å²) in [5.41, 5.74) is 1.47. The third-order valence-electron chi connectivity index (χ3n) is 2.63. The van der Waals surface area contributed by atoms with Gasteiger partial charge in [0.1, 0.15) is 19.0 Å². The van der Waals surface area contributed by atoms with Crippen LogP contribution in [-0.2, 0) is 7.05 Å². The number of hydrogen-bond acceptors (Lipinski definition) is 4. The fourth-order valence-electron chi connectivity index (χ4n) is 1.67. The van der Waals surface area contributed by atoms with Gasteiger partial charge in [0.2, 0.25) is 0 Å². The normalized spacial score (nSPS) is 10.7. The average Bonchev–Trinajstić information content (AvgIpc) is 3.02. The van der Waals surface area contributed by atoms with E-state index in [1.54, 1.807) is 18.1 Å². The first-order valence-corrected chi connectivity index (χ1v) is 5.32. The van der Waals surface area contributed by atoms with E-state index in [1.807, 2.05) is 24.3 Å². The molecular formula is C11H10N6O. The summed E-state index contributed by atoms with van der Waals surface area (Å²) < 4.78 is 4.41. The molecule has 0 saturated heterocycles. The van der Waals surface area contributed by atoms with Gasteiger partial charge in [0.05, 0.1) is 11.4 Å². The Kier molecular flexibility index (Phi) is 2.30. The van der Waals surface area contributed by atoms with E-state index in [-0.39, 0.29) is 5.69 Å². The van der Waals surface area contributed by atoms with Gasteiger partial charge in [-0.15, -0.1) is 0 Å². The Morgan fingerprint density at radius 2 is 1.72 bits per heavy atom. The molecule has 3 rings (SSSR count). The van der Waals surface area contributed by atoms with Gasteiger partial charge >= 0.3 is 5.69 Å². The highest BCUT2D eigenvalue weighted by molar-refractivity contribution is 5.40. The maximum Gasteiger partial charge on any atom is 0.350 e. The van der Waals surface area contributed by atoms with Crippen LogP contribution >= 0.6 is 0 Å². The molecule has 3 aromatic rings. The summed E-state index contributed by atoms with van der Waals surface area (Å²) in [6.07, 6.45) is 4.58. The Balaban J connectivity index is 2.01. The molecule has 0 bridgehead atoms. The number of nitrogens with zero attached hydrogens (tertiary/aromatic N) is 6. The van der Waals surface area contributed by atoms with Crippen molar-refractivity contribution in [2.24, 2.45) is 7.05 Å². The van der Waals surface area contributed by atoms with Crippen molar-refractivity contribution in [3.63, 3.8) is 0 Å². The van der Waals surface area contributed by atoms with Crippen LogP contribution in [0.2, 0.25) is 0 Å². The average molecular weight is 242 g/mol. The van der Waals surface area contributed by atoms with E-state index in [1.165, 1.54) is 21.9 Å². The molecule has 7 nitrogen and oxygen atoms in total. The Labute approximate surface area is 102 Å². The van der Waals surface area contributed by atoms with Crippen molar-refractivity contribution in [2.45, 2.75) is 0 Å². The first kappa shape index (κ1) is 10.5. The highest BCUT2D eigenvalue weighted by atomic mass is 16.2. The topological polar surface area (TPSA) is 70.5 Å². The molecule has 7 heteroatoms. The smallest absolute Gasteiger partial charge is 0.250 e. The van der Waals surface area contributed by atoms with Gasteiger partial charge in [-0.1, -0.05) is 0 Å². The van der Waals surface area contributed by atoms with E-state index in [0.29, 0.717) is 0 Å². The van der Waals surface area contributed by atoms with Crippen LogP contribution in [0.25, 0.3) is 11.4 Å². The standard InChI is InChI=1S/C11H10N6O/c1-15-11(18)16(8-14-15)9-2-4-10(5-3-9)17-7-12-6-13-17/h2-8H,1H3. The predicted octanol–water partition coefficient (Wildman–Crippen LogP) is 0.152. The molecule has 2 aromatic heterocycles. The van der Waals surface area contributed by atoms with Crippen LogP contribution < -0.4 is 5.69 Å². The summed E-state index contributed by atoms with van der Waals surface area (Å²) in [5.74, 6) is 0. The molecule has 1 aromatic carbocycles. The van der Waals surface area contributed by atoms with Crippen LogP contribution in [-0.4, -0.2) is 29.1 Å². The Bertz CT molecular complexity index is 707. The monoisotopic (exact) mass is 242 g/mol. The van der Waals surface area contributed by atoms with Crippen molar-refractivity contribution in [1.29, 1.82) is 0 Å². The zero-order chi connectivity index (χ0) is 12.5. The van der Waals surface area contributed by atoms with Crippen molar-refractivity contribution in [2.75, 3.05) is 0 Å². The third-order valence-corrected chi connectivity index (χ3v) is 2.63. The molecule has 0 unspecified atom stereocenters. The molecule has 90 valence electrons. The second-order valence-corrected chi connectivity index (χ2v) is 3.76. The molecule has 18 heavy (non-hydrogen) atoms. The van der Waals surface area contributed by atoms with Gasteiger partial charge in [0, 0.05) is 7.05 Å². The molecule has 2 heterocycles. The second-order valence-electron chi connectivity index (χ2n) is 3.76. The number of aromatic nitrogens is 6. The minimum absolute atomic E-state index is 0.177. The van der Waals surface area contributed by atoms with Gasteiger partial charge in [-0.2, -0.15) is 10.2 Å².